The van der Waals surface area contributed by atoms with E-state index in [1.807, 2.05) is 0 Å². The van der Waals surface area contributed by atoms with Crippen LogP contribution < -0.4 is 5.32 Å². The van der Waals surface area contributed by atoms with E-state index in [0.29, 0.717) is 12.1 Å². The highest BCUT2D eigenvalue weighted by Gasteiger charge is 2.36. The van der Waals surface area contributed by atoms with Crippen LogP contribution in [-0.4, -0.2) is 55.6 Å². The summed E-state index contributed by atoms with van der Waals surface area (Å²) >= 11 is 0. The van der Waals surface area contributed by atoms with Gasteiger partial charge in [-0.2, -0.15) is 0 Å². The molecule has 3 fully saturated rings. The molecule has 20 heavy (non-hydrogen) atoms. The average molecular weight is 273 g/mol. The van der Waals surface area contributed by atoms with Gasteiger partial charge in [0.05, 0.1) is 0 Å². The average Bonchev–Trinajstić information content (AvgIpc) is 2.50. The van der Waals surface area contributed by atoms with Crippen molar-refractivity contribution >= 4 is 0 Å². The molecule has 0 spiro atoms. The van der Waals surface area contributed by atoms with E-state index in [-0.39, 0.29) is 0 Å². The smallest absolute Gasteiger partial charge is 0.0488 e. The minimum atomic E-state index is 0.454. The second kappa shape index (κ2) is 6.25. The van der Waals surface area contributed by atoms with E-state index < -0.39 is 0 Å². The molecule has 0 saturated carbocycles. The number of hydrogen-bond acceptors (Lipinski definition) is 3. The van der Waals surface area contributed by atoms with Crippen molar-refractivity contribution in [3.05, 3.63) is 35.4 Å². The summed E-state index contributed by atoms with van der Waals surface area (Å²) in [5.74, 6) is 0. The molecule has 1 aromatic rings. The Morgan fingerprint density at radius 1 is 1.25 bits per heavy atom. The molecule has 1 N–H and O–H groups in total. The van der Waals surface area contributed by atoms with E-state index in [1.165, 1.54) is 56.7 Å². The van der Waals surface area contributed by atoms with Crippen LogP contribution >= 0.6 is 0 Å². The first-order valence-corrected chi connectivity index (χ1v) is 8.04. The quantitative estimate of drug-likeness (QED) is 0.884. The maximum absolute atomic E-state index is 3.57. The zero-order valence-corrected chi connectivity index (χ0v) is 12.8. The van der Waals surface area contributed by atoms with Crippen LogP contribution in [0.3, 0.4) is 0 Å². The van der Waals surface area contributed by atoms with Crippen molar-refractivity contribution in [3.63, 3.8) is 0 Å². The molecule has 0 aromatic heterocycles. The van der Waals surface area contributed by atoms with E-state index in [0.717, 1.165) is 0 Å². The topological polar surface area (TPSA) is 18.5 Å². The van der Waals surface area contributed by atoms with Crippen molar-refractivity contribution in [2.24, 2.45) is 0 Å². The van der Waals surface area contributed by atoms with Gasteiger partial charge < -0.3 is 5.32 Å². The van der Waals surface area contributed by atoms with Gasteiger partial charge in [-0.25, -0.2) is 0 Å². The zero-order valence-electron chi connectivity index (χ0n) is 12.8. The summed E-state index contributed by atoms with van der Waals surface area (Å²) in [6, 6.07) is 10.3. The Hall–Kier alpha value is -0.900. The van der Waals surface area contributed by atoms with Crippen LogP contribution in [0, 0.1) is 0 Å². The van der Waals surface area contributed by atoms with Crippen molar-refractivity contribution < 1.29 is 0 Å². The third-order valence-electron chi connectivity index (χ3n) is 4.87. The van der Waals surface area contributed by atoms with E-state index in [2.05, 4.69) is 53.4 Å². The molecule has 110 valence electrons. The molecule has 3 saturated heterocycles. The number of aryl methyl sites for hydroxylation is 1. The van der Waals surface area contributed by atoms with Gasteiger partial charge in [0.2, 0.25) is 0 Å². The molecule has 2 bridgehead atoms. The fraction of sp³-hybridized carbons (Fsp3) is 0.647. The molecule has 3 aliphatic rings. The summed E-state index contributed by atoms with van der Waals surface area (Å²) in [4.78, 5) is 5.29. The van der Waals surface area contributed by atoms with Crippen molar-refractivity contribution in [1.29, 1.82) is 0 Å². The number of fused-ring (bicyclic) bond motifs is 3. The lowest BCUT2D eigenvalue weighted by Crippen LogP contribution is -2.63. The van der Waals surface area contributed by atoms with Gasteiger partial charge in [-0.1, -0.05) is 37.6 Å². The van der Waals surface area contributed by atoms with E-state index in [9.17, 15) is 0 Å². The molecule has 3 nitrogen and oxygen atoms in total. The molecule has 3 heterocycles. The molecular weight excluding hydrogens is 246 g/mol. The predicted octanol–water partition coefficient (Wildman–Crippen LogP) is 1.90. The van der Waals surface area contributed by atoms with Crippen molar-refractivity contribution in [3.8, 4) is 0 Å². The summed E-state index contributed by atoms with van der Waals surface area (Å²) < 4.78 is 0. The maximum Gasteiger partial charge on any atom is 0.0488 e. The van der Waals surface area contributed by atoms with Crippen LogP contribution in [0.4, 0.5) is 0 Å². The largest absolute Gasteiger partial charge is 0.312 e. The lowest BCUT2D eigenvalue weighted by Gasteiger charge is -2.50. The monoisotopic (exact) mass is 273 g/mol. The second-order valence-electron chi connectivity index (χ2n) is 6.17. The summed E-state index contributed by atoms with van der Waals surface area (Å²) in [6.07, 6.45) is 2.40. The van der Waals surface area contributed by atoms with Crippen LogP contribution in [0.5, 0.6) is 0 Å². The van der Waals surface area contributed by atoms with Crippen molar-refractivity contribution in [2.75, 3.05) is 39.8 Å². The van der Waals surface area contributed by atoms with Crippen molar-refractivity contribution in [2.45, 2.75) is 31.8 Å². The molecule has 2 atom stereocenters. The lowest BCUT2D eigenvalue weighted by atomic mass is 9.92. The van der Waals surface area contributed by atoms with Gasteiger partial charge in [0.15, 0.2) is 0 Å². The van der Waals surface area contributed by atoms with Crippen LogP contribution in [0.15, 0.2) is 24.3 Å². The minimum absolute atomic E-state index is 0.454. The highest BCUT2D eigenvalue weighted by atomic mass is 15.4. The Bertz CT molecular complexity index is 438. The predicted molar refractivity (Wildman–Crippen MR) is 84.0 cm³/mol. The number of nitrogens with one attached hydrogen (secondary N) is 1. The standard InChI is InChI=1S/C17H27N3/c1-3-5-14-6-4-7-15(12-14)17(18-2)16-13-19-8-10-20(16)11-9-19/h4,6-7,12,16-18H,3,5,8-11,13H2,1-2H3. The lowest BCUT2D eigenvalue weighted by molar-refractivity contribution is -0.00255. The fourth-order valence-electron chi connectivity index (χ4n) is 3.79. The van der Waals surface area contributed by atoms with Crippen molar-refractivity contribution in [1.82, 2.24) is 15.1 Å². The first-order chi connectivity index (χ1) is 9.81. The van der Waals surface area contributed by atoms with Crippen LogP contribution in [0.2, 0.25) is 0 Å². The highest BCUT2D eigenvalue weighted by Crippen LogP contribution is 2.27. The van der Waals surface area contributed by atoms with Crippen LogP contribution in [0.1, 0.15) is 30.5 Å². The molecule has 0 amide bonds. The number of piperazine rings is 3. The fourth-order valence-corrected chi connectivity index (χ4v) is 3.79. The van der Waals surface area contributed by atoms with Crippen LogP contribution in [-0.2, 0) is 6.42 Å². The third-order valence-corrected chi connectivity index (χ3v) is 4.87. The summed E-state index contributed by atoms with van der Waals surface area (Å²) in [5, 5.41) is 3.57. The van der Waals surface area contributed by atoms with Gasteiger partial charge in [-0.05, 0) is 24.6 Å². The molecule has 3 aliphatic heterocycles. The van der Waals surface area contributed by atoms with E-state index >= 15 is 0 Å². The highest BCUT2D eigenvalue weighted by molar-refractivity contribution is 5.28. The third kappa shape index (κ3) is 2.76. The molecule has 0 radical (unpaired) electrons. The number of hydrogen-bond donors (Lipinski definition) is 1. The van der Waals surface area contributed by atoms with E-state index in [4.69, 9.17) is 0 Å². The number of nitrogens with zero attached hydrogens (tertiary/aromatic N) is 2. The molecule has 1 aromatic carbocycles. The summed E-state index contributed by atoms with van der Waals surface area (Å²) in [5.41, 5.74) is 2.93. The molecule has 4 rings (SSSR count). The Balaban J connectivity index is 1.80. The summed E-state index contributed by atoms with van der Waals surface area (Å²) in [6.45, 7) is 8.44. The summed E-state index contributed by atoms with van der Waals surface area (Å²) in [7, 11) is 2.11. The SMILES string of the molecule is CCCc1cccc(C(NC)C2CN3CCN2CC3)c1. The van der Waals surface area contributed by atoms with Gasteiger partial charge in [-0.15, -0.1) is 0 Å². The normalized spacial score (nSPS) is 30.4. The number of rotatable bonds is 5. The second-order valence-corrected chi connectivity index (χ2v) is 6.17. The molecular formula is C17H27N3. The molecule has 3 heteroatoms. The Kier molecular flexibility index (Phi) is 4.39. The number of benzene rings is 1. The van der Waals surface area contributed by atoms with E-state index in [1.54, 1.807) is 0 Å². The zero-order chi connectivity index (χ0) is 13.9. The van der Waals surface area contributed by atoms with Gasteiger partial charge in [0, 0.05) is 44.8 Å². The number of likely N-dealkylation sites (N-methyl/N-ethyl adjacent to an activating group) is 1. The molecule has 0 aliphatic carbocycles. The van der Waals surface area contributed by atoms with Crippen LogP contribution in [0.25, 0.3) is 0 Å². The van der Waals surface area contributed by atoms with Gasteiger partial charge >= 0.3 is 0 Å². The first kappa shape index (κ1) is 14.1. The Labute approximate surface area is 123 Å². The van der Waals surface area contributed by atoms with Gasteiger partial charge in [0.25, 0.3) is 0 Å². The molecule has 2 unspecified atom stereocenters. The Morgan fingerprint density at radius 2 is 2.05 bits per heavy atom. The Morgan fingerprint density at radius 3 is 2.65 bits per heavy atom. The van der Waals surface area contributed by atoms with Gasteiger partial charge in [0.1, 0.15) is 0 Å². The van der Waals surface area contributed by atoms with Gasteiger partial charge in [-0.3, -0.25) is 9.80 Å². The maximum atomic E-state index is 3.57. The minimum Gasteiger partial charge on any atom is -0.312 e. The first-order valence-electron chi connectivity index (χ1n) is 8.04.